The van der Waals surface area contributed by atoms with Gasteiger partial charge in [0, 0.05) is 19.2 Å². The topological polar surface area (TPSA) is 76.2 Å². The highest BCUT2D eigenvalue weighted by Gasteiger charge is 2.07. The zero-order chi connectivity index (χ0) is 16.8. The van der Waals surface area contributed by atoms with Crippen LogP contribution in [0.1, 0.15) is 15.9 Å². The maximum absolute atomic E-state index is 12.2. The maximum atomic E-state index is 12.2. The predicted molar refractivity (Wildman–Crippen MR) is 91.1 cm³/mol. The lowest BCUT2D eigenvalue weighted by Gasteiger charge is -2.08. The number of ether oxygens (including phenoxy) is 2. The van der Waals surface area contributed by atoms with Crippen molar-refractivity contribution >= 4 is 16.9 Å². The highest BCUT2D eigenvalue weighted by Crippen LogP contribution is 2.13. The van der Waals surface area contributed by atoms with Gasteiger partial charge in [0.1, 0.15) is 12.4 Å². The van der Waals surface area contributed by atoms with E-state index in [0.29, 0.717) is 25.3 Å². The van der Waals surface area contributed by atoms with Gasteiger partial charge in [0.05, 0.1) is 24.0 Å². The fraction of sp³-hybridized carbons (Fsp3) is 0.222. The zero-order valence-corrected chi connectivity index (χ0v) is 13.4. The number of carbonyl (C=O) groups is 1. The molecule has 124 valence electrons. The third kappa shape index (κ3) is 3.91. The number of hydrogen-bond acceptors (Lipinski definition) is 4. The van der Waals surface area contributed by atoms with Gasteiger partial charge in [-0.15, -0.1) is 0 Å². The molecule has 0 saturated heterocycles. The Balaban J connectivity index is 1.55. The second-order valence-corrected chi connectivity index (χ2v) is 5.30. The second kappa shape index (κ2) is 7.61. The van der Waals surface area contributed by atoms with E-state index in [1.54, 1.807) is 25.6 Å². The van der Waals surface area contributed by atoms with Gasteiger partial charge in [0.15, 0.2) is 0 Å². The first-order chi connectivity index (χ1) is 11.8. The molecular weight excluding hydrogens is 306 g/mol. The van der Waals surface area contributed by atoms with Crippen LogP contribution in [-0.2, 0) is 11.3 Å². The van der Waals surface area contributed by atoms with Crippen molar-refractivity contribution in [3.8, 4) is 5.75 Å². The minimum absolute atomic E-state index is 0.119. The summed E-state index contributed by atoms with van der Waals surface area (Å²) in [7, 11) is 1.64. The Bertz CT molecular complexity index is 812. The molecule has 0 fully saturated rings. The fourth-order valence-corrected chi connectivity index (χ4v) is 2.31. The molecule has 0 aliphatic heterocycles. The molecule has 0 unspecified atom stereocenters. The number of H-pyrrole nitrogens is 1. The lowest BCUT2D eigenvalue weighted by Crippen LogP contribution is -2.22. The van der Waals surface area contributed by atoms with E-state index in [2.05, 4.69) is 15.3 Å². The first-order valence-electron chi connectivity index (χ1n) is 7.68. The van der Waals surface area contributed by atoms with Crippen LogP contribution < -0.4 is 10.1 Å². The van der Waals surface area contributed by atoms with Crippen molar-refractivity contribution in [2.45, 2.75) is 6.54 Å². The van der Waals surface area contributed by atoms with Gasteiger partial charge in [0.25, 0.3) is 5.91 Å². The fourth-order valence-electron chi connectivity index (χ4n) is 2.31. The number of fused-ring (bicyclic) bond motifs is 1. The van der Waals surface area contributed by atoms with Crippen molar-refractivity contribution in [3.05, 3.63) is 59.9 Å². The van der Waals surface area contributed by atoms with Crippen LogP contribution in [0.3, 0.4) is 0 Å². The lowest BCUT2D eigenvalue weighted by atomic mass is 10.1. The number of methoxy groups -OCH3 is 1. The van der Waals surface area contributed by atoms with Gasteiger partial charge in [-0.2, -0.15) is 0 Å². The Hall–Kier alpha value is -2.86. The molecule has 1 heterocycles. The number of aromatic nitrogens is 2. The summed E-state index contributed by atoms with van der Waals surface area (Å²) in [4.78, 5) is 19.4. The number of imidazole rings is 1. The van der Waals surface area contributed by atoms with E-state index < -0.39 is 0 Å². The van der Waals surface area contributed by atoms with Crippen molar-refractivity contribution in [2.75, 3.05) is 20.3 Å². The minimum atomic E-state index is -0.119. The van der Waals surface area contributed by atoms with Crippen LogP contribution in [0.4, 0.5) is 0 Å². The SMILES string of the molecule is COCCOc1ccc(CNC(=O)c2ccc3nc[nH]c3c2)cc1. The molecule has 6 nitrogen and oxygen atoms in total. The number of hydrogen-bond donors (Lipinski definition) is 2. The molecule has 6 heteroatoms. The van der Waals surface area contributed by atoms with E-state index >= 15 is 0 Å². The third-order valence-electron chi connectivity index (χ3n) is 3.62. The van der Waals surface area contributed by atoms with Crippen molar-refractivity contribution in [2.24, 2.45) is 0 Å². The monoisotopic (exact) mass is 325 g/mol. The second-order valence-electron chi connectivity index (χ2n) is 5.30. The minimum Gasteiger partial charge on any atom is -0.491 e. The number of rotatable bonds is 7. The van der Waals surface area contributed by atoms with E-state index in [1.807, 2.05) is 30.3 Å². The molecular formula is C18H19N3O3. The number of carbonyl (C=O) groups excluding carboxylic acids is 1. The third-order valence-corrected chi connectivity index (χ3v) is 3.62. The average molecular weight is 325 g/mol. The van der Waals surface area contributed by atoms with Gasteiger partial charge in [-0.05, 0) is 35.9 Å². The molecule has 1 aromatic heterocycles. The molecule has 0 saturated carbocycles. The van der Waals surface area contributed by atoms with E-state index in [4.69, 9.17) is 9.47 Å². The van der Waals surface area contributed by atoms with Crippen molar-refractivity contribution in [1.29, 1.82) is 0 Å². The van der Waals surface area contributed by atoms with Gasteiger partial charge in [-0.25, -0.2) is 4.98 Å². The van der Waals surface area contributed by atoms with Gasteiger partial charge in [0.2, 0.25) is 0 Å². The van der Waals surface area contributed by atoms with E-state index in [-0.39, 0.29) is 5.91 Å². The molecule has 2 aromatic carbocycles. The van der Waals surface area contributed by atoms with Crippen LogP contribution in [0.15, 0.2) is 48.8 Å². The quantitative estimate of drug-likeness (QED) is 0.655. The van der Waals surface area contributed by atoms with Gasteiger partial charge >= 0.3 is 0 Å². The van der Waals surface area contributed by atoms with Crippen LogP contribution >= 0.6 is 0 Å². The van der Waals surface area contributed by atoms with E-state index in [1.165, 1.54) is 0 Å². The number of amides is 1. The zero-order valence-electron chi connectivity index (χ0n) is 13.4. The van der Waals surface area contributed by atoms with Gasteiger partial charge in [-0.3, -0.25) is 4.79 Å². The number of aromatic amines is 1. The summed E-state index contributed by atoms with van der Waals surface area (Å²) >= 11 is 0. The van der Waals surface area contributed by atoms with Gasteiger partial charge in [-0.1, -0.05) is 12.1 Å². The average Bonchev–Trinajstić information content (AvgIpc) is 3.08. The summed E-state index contributed by atoms with van der Waals surface area (Å²) < 4.78 is 10.4. The van der Waals surface area contributed by atoms with Crippen LogP contribution in [0.25, 0.3) is 11.0 Å². The molecule has 24 heavy (non-hydrogen) atoms. The van der Waals surface area contributed by atoms with Gasteiger partial charge < -0.3 is 19.8 Å². The first kappa shape index (κ1) is 16.0. The molecule has 0 atom stereocenters. The number of nitrogens with zero attached hydrogens (tertiary/aromatic N) is 1. The Morgan fingerprint density at radius 3 is 2.79 bits per heavy atom. The highest BCUT2D eigenvalue weighted by molar-refractivity contribution is 5.97. The molecule has 0 radical (unpaired) electrons. The highest BCUT2D eigenvalue weighted by atomic mass is 16.5. The number of nitrogens with one attached hydrogen (secondary N) is 2. The summed E-state index contributed by atoms with van der Waals surface area (Å²) in [6.45, 7) is 1.53. The molecule has 2 N–H and O–H groups in total. The molecule has 0 aliphatic rings. The number of benzene rings is 2. The molecule has 3 rings (SSSR count). The Morgan fingerprint density at radius 2 is 2.00 bits per heavy atom. The predicted octanol–water partition coefficient (Wildman–Crippen LogP) is 2.52. The maximum Gasteiger partial charge on any atom is 0.251 e. The smallest absolute Gasteiger partial charge is 0.251 e. The van der Waals surface area contributed by atoms with E-state index in [9.17, 15) is 4.79 Å². The Labute approximate surface area is 139 Å². The Kier molecular flexibility index (Phi) is 5.08. The van der Waals surface area contributed by atoms with Crippen LogP contribution in [0, 0.1) is 0 Å². The van der Waals surface area contributed by atoms with E-state index in [0.717, 1.165) is 22.3 Å². The molecule has 0 bridgehead atoms. The molecule has 0 spiro atoms. The molecule has 1 amide bonds. The molecule has 0 aliphatic carbocycles. The van der Waals surface area contributed by atoms with Crippen molar-refractivity contribution in [1.82, 2.24) is 15.3 Å². The van der Waals surface area contributed by atoms with Crippen LogP contribution in [-0.4, -0.2) is 36.2 Å². The summed E-state index contributed by atoms with van der Waals surface area (Å²) in [6.07, 6.45) is 1.61. The molecule has 3 aromatic rings. The summed E-state index contributed by atoms with van der Waals surface area (Å²) in [5, 5.41) is 2.91. The summed E-state index contributed by atoms with van der Waals surface area (Å²) in [5.41, 5.74) is 3.30. The lowest BCUT2D eigenvalue weighted by molar-refractivity contribution is 0.0951. The van der Waals surface area contributed by atoms with Crippen molar-refractivity contribution in [3.63, 3.8) is 0 Å². The summed E-state index contributed by atoms with van der Waals surface area (Å²) in [6, 6.07) is 13.0. The van der Waals surface area contributed by atoms with Crippen LogP contribution in [0.5, 0.6) is 5.75 Å². The standard InChI is InChI=1S/C18H19N3O3/c1-23-8-9-24-15-5-2-13(3-6-15)11-19-18(22)14-4-7-16-17(10-14)21-12-20-16/h2-7,10,12H,8-9,11H2,1H3,(H,19,22)(H,20,21). The van der Waals surface area contributed by atoms with Crippen molar-refractivity contribution < 1.29 is 14.3 Å². The largest absolute Gasteiger partial charge is 0.491 e. The normalized spacial score (nSPS) is 10.7. The first-order valence-corrected chi connectivity index (χ1v) is 7.68. The Morgan fingerprint density at radius 1 is 1.17 bits per heavy atom. The van der Waals surface area contributed by atoms with Crippen LogP contribution in [0.2, 0.25) is 0 Å². The summed E-state index contributed by atoms with van der Waals surface area (Å²) in [5.74, 6) is 0.666.